The Balaban J connectivity index is 1.99. The topological polar surface area (TPSA) is 105 Å². The highest BCUT2D eigenvalue weighted by atomic mass is 35.5. The van der Waals surface area contributed by atoms with Gasteiger partial charge in [-0.05, 0) is 42.5 Å². The second-order valence-corrected chi connectivity index (χ2v) is 8.40. The summed E-state index contributed by atoms with van der Waals surface area (Å²) < 4.78 is 10.8. The summed E-state index contributed by atoms with van der Waals surface area (Å²) in [5, 5.41) is 14.2. The predicted octanol–water partition coefficient (Wildman–Crippen LogP) is 4.94. The van der Waals surface area contributed by atoms with Crippen LogP contribution < -0.4 is 19.7 Å². The number of halogens is 1. The average molecular weight is 507 g/mol. The van der Waals surface area contributed by atoms with E-state index in [1.807, 2.05) is 0 Å². The van der Waals surface area contributed by atoms with Crippen LogP contribution in [-0.4, -0.2) is 36.9 Å². The second-order valence-electron chi connectivity index (χ2n) is 7.99. The van der Waals surface area contributed by atoms with Crippen molar-refractivity contribution in [2.75, 3.05) is 24.4 Å². The fourth-order valence-corrected chi connectivity index (χ4v) is 4.39. The number of carbonyl (C=O) groups is 3. The van der Waals surface area contributed by atoms with Gasteiger partial charge in [0.25, 0.3) is 11.7 Å². The molecule has 0 aliphatic carbocycles. The lowest BCUT2D eigenvalue weighted by Crippen LogP contribution is -2.29. The maximum Gasteiger partial charge on any atom is 0.300 e. The lowest BCUT2D eigenvalue weighted by atomic mass is 9.94. The molecule has 8 nitrogen and oxygen atoms in total. The zero-order valence-electron chi connectivity index (χ0n) is 19.7. The lowest BCUT2D eigenvalue weighted by Gasteiger charge is -2.27. The first kappa shape index (κ1) is 24.8. The van der Waals surface area contributed by atoms with Gasteiger partial charge in [-0.2, -0.15) is 0 Å². The average Bonchev–Trinajstić information content (AvgIpc) is 3.13. The minimum absolute atomic E-state index is 0.140. The number of nitrogens with one attached hydrogen (secondary N) is 1. The Morgan fingerprint density at radius 1 is 1.00 bits per heavy atom. The van der Waals surface area contributed by atoms with Gasteiger partial charge in [0.05, 0.1) is 30.9 Å². The number of carbonyl (C=O) groups excluding carboxylic acids is 3. The summed E-state index contributed by atoms with van der Waals surface area (Å²) in [6, 6.07) is 17.0. The van der Waals surface area contributed by atoms with Crippen LogP contribution in [0, 0.1) is 0 Å². The van der Waals surface area contributed by atoms with Crippen molar-refractivity contribution >= 4 is 46.3 Å². The monoisotopic (exact) mass is 506 g/mol. The van der Waals surface area contributed by atoms with Gasteiger partial charge in [-0.15, -0.1) is 0 Å². The van der Waals surface area contributed by atoms with Gasteiger partial charge in [0, 0.05) is 29.4 Å². The Bertz CT molecular complexity index is 1400. The molecule has 2 amide bonds. The van der Waals surface area contributed by atoms with E-state index in [0.29, 0.717) is 28.4 Å². The zero-order chi connectivity index (χ0) is 26.0. The fourth-order valence-electron chi connectivity index (χ4n) is 4.18. The highest BCUT2D eigenvalue weighted by Gasteiger charge is 2.48. The normalized spacial score (nSPS) is 16.7. The van der Waals surface area contributed by atoms with E-state index in [4.69, 9.17) is 21.1 Å². The Morgan fingerprint density at radius 3 is 2.44 bits per heavy atom. The molecule has 9 heteroatoms. The number of rotatable bonds is 6. The molecular weight excluding hydrogens is 484 g/mol. The Morgan fingerprint density at radius 2 is 1.75 bits per heavy atom. The summed E-state index contributed by atoms with van der Waals surface area (Å²) in [7, 11) is 2.93. The van der Waals surface area contributed by atoms with Crippen molar-refractivity contribution in [1.29, 1.82) is 0 Å². The second kappa shape index (κ2) is 10.1. The molecule has 1 aliphatic heterocycles. The van der Waals surface area contributed by atoms with Gasteiger partial charge in [-0.3, -0.25) is 19.3 Å². The third kappa shape index (κ3) is 4.50. The molecule has 0 radical (unpaired) electrons. The first-order valence-corrected chi connectivity index (χ1v) is 11.3. The van der Waals surface area contributed by atoms with E-state index in [1.54, 1.807) is 54.6 Å². The molecule has 0 saturated carbocycles. The summed E-state index contributed by atoms with van der Waals surface area (Å²) in [5.74, 6) is -1.67. The lowest BCUT2D eigenvalue weighted by molar-refractivity contribution is -0.132. The number of hydrogen-bond donors (Lipinski definition) is 2. The molecule has 3 aromatic carbocycles. The number of hydrogen-bond acceptors (Lipinski definition) is 6. The Kier molecular flexibility index (Phi) is 6.98. The first-order valence-electron chi connectivity index (χ1n) is 10.9. The molecule has 0 spiro atoms. The van der Waals surface area contributed by atoms with Crippen molar-refractivity contribution in [3.05, 3.63) is 88.5 Å². The molecule has 1 fully saturated rings. The maximum absolute atomic E-state index is 13.4. The van der Waals surface area contributed by atoms with Crippen LogP contribution in [0.3, 0.4) is 0 Å². The largest absolute Gasteiger partial charge is 0.507 e. The van der Waals surface area contributed by atoms with E-state index in [0.717, 1.165) is 0 Å². The molecule has 4 rings (SSSR count). The molecule has 1 heterocycles. The van der Waals surface area contributed by atoms with Gasteiger partial charge in [0.2, 0.25) is 5.91 Å². The van der Waals surface area contributed by atoms with Crippen molar-refractivity contribution in [3.8, 4) is 11.5 Å². The number of aliphatic hydroxyl groups is 1. The van der Waals surface area contributed by atoms with Crippen LogP contribution >= 0.6 is 11.6 Å². The van der Waals surface area contributed by atoms with Crippen LogP contribution in [-0.2, 0) is 14.4 Å². The predicted molar refractivity (Wildman–Crippen MR) is 137 cm³/mol. The Hall–Kier alpha value is -4.30. The van der Waals surface area contributed by atoms with Gasteiger partial charge in [0.1, 0.15) is 17.3 Å². The van der Waals surface area contributed by atoms with Crippen LogP contribution in [0.5, 0.6) is 11.5 Å². The number of amides is 2. The molecular formula is C27H23ClN2O6. The number of anilines is 2. The third-order valence-electron chi connectivity index (χ3n) is 5.75. The number of para-hydroxylation sites is 1. The van der Waals surface area contributed by atoms with Crippen LogP contribution in [0.15, 0.2) is 72.3 Å². The van der Waals surface area contributed by atoms with Crippen molar-refractivity contribution in [1.82, 2.24) is 0 Å². The molecule has 3 aromatic rings. The van der Waals surface area contributed by atoms with Crippen molar-refractivity contribution in [2.45, 2.75) is 13.0 Å². The molecule has 1 atom stereocenters. The summed E-state index contributed by atoms with van der Waals surface area (Å²) >= 11 is 6.36. The zero-order valence-corrected chi connectivity index (χ0v) is 20.5. The number of benzene rings is 3. The quantitative estimate of drug-likeness (QED) is 0.279. The van der Waals surface area contributed by atoms with Gasteiger partial charge in [-0.1, -0.05) is 35.9 Å². The molecule has 36 heavy (non-hydrogen) atoms. The number of nitrogens with zero attached hydrogens (tertiary/aromatic N) is 1. The molecule has 1 unspecified atom stereocenters. The first-order chi connectivity index (χ1) is 17.3. The fraction of sp³-hybridized carbons (Fsp3) is 0.148. The van der Waals surface area contributed by atoms with Gasteiger partial charge in [-0.25, -0.2) is 0 Å². The van der Waals surface area contributed by atoms with Gasteiger partial charge >= 0.3 is 0 Å². The van der Waals surface area contributed by atoms with Gasteiger partial charge < -0.3 is 19.9 Å². The number of ether oxygens (including phenoxy) is 2. The van der Waals surface area contributed by atoms with Crippen LogP contribution in [0.25, 0.3) is 5.76 Å². The van der Waals surface area contributed by atoms with Crippen LogP contribution in [0.2, 0.25) is 5.02 Å². The maximum atomic E-state index is 13.4. The highest BCUT2D eigenvalue weighted by Crippen LogP contribution is 2.46. The number of ketones is 1. The minimum atomic E-state index is -1.05. The van der Waals surface area contributed by atoms with Crippen LogP contribution in [0.4, 0.5) is 11.4 Å². The summed E-state index contributed by atoms with van der Waals surface area (Å²) in [5.41, 5.74) is 1.24. The summed E-state index contributed by atoms with van der Waals surface area (Å²) in [6.45, 7) is 1.37. The molecule has 2 N–H and O–H groups in total. The summed E-state index contributed by atoms with van der Waals surface area (Å²) in [6.07, 6.45) is 0. The van der Waals surface area contributed by atoms with E-state index >= 15 is 0 Å². The third-order valence-corrected chi connectivity index (χ3v) is 6.08. The van der Waals surface area contributed by atoms with E-state index in [1.165, 1.54) is 38.2 Å². The van der Waals surface area contributed by atoms with E-state index < -0.39 is 23.5 Å². The Labute approximate surface area is 212 Å². The highest BCUT2D eigenvalue weighted by molar-refractivity contribution is 6.52. The standard InChI is InChI=1S/C27H23ClN2O6/c1-15(31)29-16-7-6-8-17(13-16)30-24(19-9-4-5-10-22(19)36-3)23(26(33)27(30)34)25(32)20-14-18(35-2)11-12-21(20)28/h4-14,24,32H,1-3H3,(H,29,31)/b25-23+. The van der Waals surface area contributed by atoms with Crippen molar-refractivity contribution in [2.24, 2.45) is 0 Å². The number of aliphatic hydroxyl groups excluding tert-OH is 1. The summed E-state index contributed by atoms with van der Waals surface area (Å²) in [4.78, 5) is 39.7. The van der Waals surface area contributed by atoms with Crippen molar-refractivity contribution < 1.29 is 29.0 Å². The molecule has 0 bridgehead atoms. The SMILES string of the molecule is COc1ccc(Cl)c(/C(O)=C2\C(=O)C(=O)N(c3cccc(NC(C)=O)c3)C2c2ccccc2OC)c1. The van der Waals surface area contributed by atoms with E-state index in [-0.39, 0.29) is 22.1 Å². The van der Waals surface area contributed by atoms with Gasteiger partial charge in [0.15, 0.2) is 0 Å². The number of methoxy groups -OCH3 is 2. The molecule has 184 valence electrons. The van der Waals surface area contributed by atoms with E-state index in [9.17, 15) is 19.5 Å². The smallest absolute Gasteiger partial charge is 0.300 e. The molecule has 0 aromatic heterocycles. The van der Waals surface area contributed by atoms with Crippen LogP contribution in [0.1, 0.15) is 24.1 Å². The molecule has 1 aliphatic rings. The van der Waals surface area contributed by atoms with E-state index in [2.05, 4.69) is 5.32 Å². The van der Waals surface area contributed by atoms with Crippen molar-refractivity contribution in [3.63, 3.8) is 0 Å². The molecule has 1 saturated heterocycles. The minimum Gasteiger partial charge on any atom is -0.507 e. The number of Topliss-reactive ketones (excluding diaryl/α,β-unsaturated/α-hetero) is 1.